The second-order valence-corrected chi connectivity index (χ2v) is 3.96. The normalized spacial score (nSPS) is 10.2. The molecule has 0 atom stereocenters. The molecule has 0 aliphatic carbocycles. The van der Waals surface area contributed by atoms with E-state index in [1.54, 1.807) is 12.5 Å². The summed E-state index contributed by atoms with van der Waals surface area (Å²) in [7, 11) is 0. The SMILES string of the molecule is N=C(N)c1ccc(Br)cc1-n1ccnc1. The van der Waals surface area contributed by atoms with E-state index in [1.165, 1.54) is 0 Å². The van der Waals surface area contributed by atoms with Gasteiger partial charge in [0.25, 0.3) is 0 Å². The summed E-state index contributed by atoms with van der Waals surface area (Å²) in [4.78, 5) is 3.97. The van der Waals surface area contributed by atoms with E-state index in [9.17, 15) is 0 Å². The minimum atomic E-state index is 0.0474. The second-order valence-electron chi connectivity index (χ2n) is 3.05. The first-order valence-corrected chi connectivity index (χ1v) is 5.10. The molecule has 0 radical (unpaired) electrons. The Hall–Kier alpha value is -1.62. The van der Waals surface area contributed by atoms with Crippen LogP contribution >= 0.6 is 15.9 Å². The van der Waals surface area contributed by atoms with Gasteiger partial charge in [0.2, 0.25) is 0 Å². The molecule has 1 aromatic carbocycles. The molecule has 3 N–H and O–H groups in total. The van der Waals surface area contributed by atoms with Crippen LogP contribution in [0.25, 0.3) is 5.69 Å². The van der Waals surface area contributed by atoms with E-state index in [0.717, 1.165) is 10.2 Å². The van der Waals surface area contributed by atoms with Crippen molar-refractivity contribution in [3.63, 3.8) is 0 Å². The van der Waals surface area contributed by atoms with Crippen molar-refractivity contribution in [2.24, 2.45) is 5.73 Å². The highest BCUT2D eigenvalue weighted by Crippen LogP contribution is 2.19. The van der Waals surface area contributed by atoms with Crippen molar-refractivity contribution in [1.82, 2.24) is 9.55 Å². The van der Waals surface area contributed by atoms with Gasteiger partial charge in [0.05, 0.1) is 12.0 Å². The van der Waals surface area contributed by atoms with Crippen molar-refractivity contribution in [3.05, 3.63) is 47.0 Å². The lowest BCUT2D eigenvalue weighted by Gasteiger charge is -2.09. The molecule has 0 spiro atoms. The van der Waals surface area contributed by atoms with Crippen LogP contribution in [0.15, 0.2) is 41.4 Å². The maximum Gasteiger partial charge on any atom is 0.124 e. The van der Waals surface area contributed by atoms with E-state index in [4.69, 9.17) is 11.1 Å². The Morgan fingerprint density at radius 2 is 2.27 bits per heavy atom. The molecule has 0 aliphatic heterocycles. The number of amidine groups is 1. The van der Waals surface area contributed by atoms with Crippen molar-refractivity contribution < 1.29 is 0 Å². The third-order valence-corrected chi connectivity index (χ3v) is 2.53. The van der Waals surface area contributed by atoms with Crippen LogP contribution in [0.4, 0.5) is 0 Å². The van der Waals surface area contributed by atoms with Gasteiger partial charge in [0.15, 0.2) is 0 Å². The maximum absolute atomic E-state index is 7.48. The lowest BCUT2D eigenvalue weighted by Crippen LogP contribution is -2.14. The summed E-state index contributed by atoms with van der Waals surface area (Å²) in [6, 6.07) is 5.57. The number of aromatic nitrogens is 2. The van der Waals surface area contributed by atoms with Crippen molar-refractivity contribution in [2.45, 2.75) is 0 Å². The zero-order chi connectivity index (χ0) is 10.8. The average Bonchev–Trinajstić information content (AvgIpc) is 2.69. The standard InChI is InChI=1S/C10H9BrN4/c11-7-1-2-8(10(12)13)9(5-7)15-4-3-14-6-15/h1-6H,(H3,12,13). The Labute approximate surface area is 95.4 Å². The van der Waals surface area contributed by atoms with Gasteiger partial charge in [-0.3, -0.25) is 5.41 Å². The lowest BCUT2D eigenvalue weighted by molar-refractivity contribution is 1.05. The number of nitrogens with two attached hydrogens (primary N) is 1. The lowest BCUT2D eigenvalue weighted by atomic mass is 10.1. The number of hydrogen-bond donors (Lipinski definition) is 2. The van der Waals surface area contributed by atoms with Gasteiger partial charge in [-0.2, -0.15) is 0 Å². The van der Waals surface area contributed by atoms with E-state index in [-0.39, 0.29) is 5.84 Å². The number of imidazole rings is 1. The van der Waals surface area contributed by atoms with Crippen molar-refractivity contribution in [2.75, 3.05) is 0 Å². The molecule has 5 heteroatoms. The highest BCUT2D eigenvalue weighted by Gasteiger charge is 2.07. The van der Waals surface area contributed by atoms with Crippen LogP contribution in [-0.2, 0) is 0 Å². The van der Waals surface area contributed by atoms with Gasteiger partial charge in [0, 0.05) is 22.4 Å². The average molecular weight is 265 g/mol. The largest absolute Gasteiger partial charge is 0.384 e. The van der Waals surface area contributed by atoms with E-state index in [1.807, 2.05) is 29.0 Å². The fraction of sp³-hybridized carbons (Fsp3) is 0. The highest BCUT2D eigenvalue weighted by molar-refractivity contribution is 9.10. The van der Waals surface area contributed by atoms with Crippen LogP contribution < -0.4 is 5.73 Å². The van der Waals surface area contributed by atoms with E-state index >= 15 is 0 Å². The molecule has 2 rings (SSSR count). The molecule has 1 heterocycles. The molecule has 15 heavy (non-hydrogen) atoms. The minimum absolute atomic E-state index is 0.0474. The van der Waals surface area contributed by atoms with Gasteiger partial charge in [-0.25, -0.2) is 4.98 Å². The smallest absolute Gasteiger partial charge is 0.124 e. The molecule has 4 nitrogen and oxygen atoms in total. The van der Waals surface area contributed by atoms with Gasteiger partial charge in [0.1, 0.15) is 5.84 Å². The first-order valence-electron chi connectivity index (χ1n) is 4.31. The molecule has 2 aromatic rings. The molecular formula is C10H9BrN4. The summed E-state index contributed by atoms with van der Waals surface area (Å²) in [6.45, 7) is 0. The van der Waals surface area contributed by atoms with Crippen LogP contribution in [0.1, 0.15) is 5.56 Å². The molecule has 0 saturated carbocycles. The predicted molar refractivity (Wildman–Crippen MR) is 62.3 cm³/mol. The maximum atomic E-state index is 7.48. The van der Waals surface area contributed by atoms with Gasteiger partial charge in [-0.05, 0) is 18.2 Å². The fourth-order valence-electron chi connectivity index (χ4n) is 1.35. The molecule has 0 unspecified atom stereocenters. The summed E-state index contributed by atoms with van der Waals surface area (Å²) in [5.41, 5.74) is 7.04. The molecule has 0 fully saturated rings. The number of halogens is 1. The Bertz CT molecular complexity index is 490. The van der Waals surface area contributed by atoms with Crippen molar-refractivity contribution >= 4 is 21.8 Å². The van der Waals surface area contributed by atoms with Crippen LogP contribution in [0.5, 0.6) is 0 Å². The molecule has 0 bridgehead atoms. The zero-order valence-corrected chi connectivity index (χ0v) is 9.40. The van der Waals surface area contributed by atoms with Gasteiger partial charge in [-0.1, -0.05) is 15.9 Å². The van der Waals surface area contributed by atoms with E-state index < -0.39 is 0 Å². The summed E-state index contributed by atoms with van der Waals surface area (Å²) in [6.07, 6.45) is 5.17. The molecule has 0 aliphatic rings. The molecular weight excluding hydrogens is 256 g/mol. The number of hydrogen-bond acceptors (Lipinski definition) is 2. The molecule has 1 aromatic heterocycles. The van der Waals surface area contributed by atoms with Crippen LogP contribution in [-0.4, -0.2) is 15.4 Å². The van der Waals surface area contributed by atoms with Gasteiger partial charge >= 0.3 is 0 Å². The first kappa shape index (κ1) is 9.92. The third-order valence-electron chi connectivity index (χ3n) is 2.03. The minimum Gasteiger partial charge on any atom is -0.384 e. The summed E-state index contributed by atoms with van der Waals surface area (Å²) in [5, 5.41) is 7.48. The Morgan fingerprint density at radius 3 is 2.87 bits per heavy atom. The Balaban J connectivity index is 2.63. The molecule has 0 saturated heterocycles. The quantitative estimate of drug-likeness (QED) is 0.643. The zero-order valence-electron chi connectivity index (χ0n) is 7.81. The van der Waals surface area contributed by atoms with Crippen LogP contribution in [0, 0.1) is 5.41 Å². The van der Waals surface area contributed by atoms with Gasteiger partial charge in [-0.15, -0.1) is 0 Å². The highest BCUT2D eigenvalue weighted by atomic mass is 79.9. The van der Waals surface area contributed by atoms with Crippen LogP contribution in [0.2, 0.25) is 0 Å². The second kappa shape index (κ2) is 3.86. The van der Waals surface area contributed by atoms with Crippen molar-refractivity contribution in [1.29, 1.82) is 5.41 Å². The number of rotatable bonds is 2. The van der Waals surface area contributed by atoms with Crippen molar-refractivity contribution in [3.8, 4) is 5.69 Å². The number of nitrogen functional groups attached to an aromatic ring is 1. The van der Waals surface area contributed by atoms with Gasteiger partial charge < -0.3 is 10.3 Å². The van der Waals surface area contributed by atoms with E-state index in [2.05, 4.69) is 20.9 Å². The monoisotopic (exact) mass is 264 g/mol. The number of nitrogens with one attached hydrogen (secondary N) is 1. The van der Waals surface area contributed by atoms with Crippen LogP contribution in [0.3, 0.4) is 0 Å². The molecule has 76 valence electrons. The van der Waals surface area contributed by atoms with E-state index in [0.29, 0.717) is 5.56 Å². The first-order chi connectivity index (χ1) is 7.18. The predicted octanol–water partition coefficient (Wildman–Crippen LogP) is 1.92. The number of nitrogens with zero attached hydrogens (tertiary/aromatic N) is 2. The fourth-order valence-corrected chi connectivity index (χ4v) is 1.70. The topological polar surface area (TPSA) is 67.7 Å². The Morgan fingerprint density at radius 1 is 1.47 bits per heavy atom. The summed E-state index contributed by atoms with van der Waals surface area (Å²) in [5.74, 6) is 0.0474. The Kier molecular flexibility index (Phi) is 2.55. The molecule has 0 amide bonds. The summed E-state index contributed by atoms with van der Waals surface area (Å²) < 4.78 is 2.76. The number of benzene rings is 1. The third kappa shape index (κ3) is 1.92. The summed E-state index contributed by atoms with van der Waals surface area (Å²) >= 11 is 3.39.